The average Bonchev–Trinajstić information content (AvgIpc) is 2.86. The van der Waals surface area contributed by atoms with Gasteiger partial charge in [-0.3, -0.25) is 9.69 Å². The van der Waals surface area contributed by atoms with Crippen LogP contribution in [0.4, 0.5) is 10.5 Å². The maximum atomic E-state index is 13.4. The van der Waals surface area contributed by atoms with Gasteiger partial charge in [0, 0.05) is 24.3 Å². The lowest BCUT2D eigenvalue weighted by molar-refractivity contribution is 0.0576. The molecule has 0 bridgehead atoms. The minimum absolute atomic E-state index is 0.00314. The number of carbonyl (C=O) groups is 2. The molecule has 0 atom stereocenters. The second-order valence-corrected chi connectivity index (χ2v) is 10.6. The van der Waals surface area contributed by atoms with E-state index in [9.17, 15) is 9.59 Å². The molecule has 1 saturated heterocycles. The summed E-state index contributed by atoms with van der Waals surface area (Å²) in [4.78, 5) is 30.1. The highest BCUT2D eigenvalue weighted by Gasteiger charge is 2.27. The predicted octanol–water partition coefficient (Wildman–Crippen LogP) is 6.96. The number of rotatable bonds is 5. The van der Waals surface area contributed by atoms with Gasteiger partial charge < -0.3 is 9.64 Å². The van der Waals surface area contributed by atoms with Crippen molar-refractivity contribution in [3.8, 4) is 0 Å². The first-order valence-corrected chi connectivity index (χ1v) is 12.7. The van der Waals surface area contributed by atoms with Gasteiger partial charge in [0.15, 0.2) is 0 Å². The smallest absolute Gasteiger partial charge is 0.415 e. The van der Waals surface area contributed by atoms with E-state index in [2.05, 4.69) is 31.2 Å². The standard InChI is InChI=1S/C31H36N2O3/c1-23-10-8-13-26(20-23)25-16-18-32(19-17-25)29(34)27-14-9-15-28(21-27)33(30(35)36-31(2,3)4)22-24-11-6-5-7-12-24/h5-15,20-21,25H,16-19,22H2,1-4H3. The fraction of sp³-hybridized carbons (Fsp3) is 0.355. The van der Waals surface area contributed by atoms with Gasteiger partial charge in [0.05, 0.1) is 6.54 Å². The second-order valence-electron chi connectivity index (χ2n) is 10.6. The van der Waals surface area contributed by atoms with E-state index in [-0.39, 0.29) is 5.91 Å². The van der Waals surface area contributed by atoms with Crippen molar-refractivity contribution in [3.63, 3.8) is 0 Å². The SMILES string of the molecule is Cc1cccc(C2CCN(C(=O)c3cccc(N(Cc4ccccc4)C(=O)OC(C)(C)C)c3)CC2)c1. The van der Waals surface area contributed by atoms with Crippen LogP contribution in [-0.2, 0) is 11.3 Å². The van der Waals surface area contributed by atoms with Gasteiger partial charge in [-0.15, -0.1) is 0 Å². The lowest BCUT2D eigenvalue weighted by atomic mass is 9.88. The minimum atomic E-state index is -0.624. The number of amides is 2. The summed E-state index contributed by atoms with van der Waals surface area (Å²) >= 11 is 0. The summed E-state index contributed by atoms with van der Waals surface area (Å²) in [5.41, 5.74) is 4.22. The molecule has 3 aromatic rings. The summed E-state index contributed by atoms with van der Waals surface area (Å²) in [5.74, 6) is 0.484. The number of nitrogens with zero attached hydrogens (tertiary/aromatic N) is 2. The summed E-state index contributed by atoms with van der Waals surface area (Å²) in [7, 11) is 0. The predicted molar refractivity (Wildman–Crippen MR) is 144 cm³/mol. The number of benzene rings is 3. The molecule has 0 radical (unpaired) electrons. The number of piperidine rings is 1. The van der Waals surface area contributed by atoms with Crippen molar-refractivity contribution in [1.29, 1.82) is 0 Å². The van der Waals surface area contributed by atoms with Gasteiger partial charge in [-0.25, -0.2) is 4.79 Å². The molecule has 4 rings (SSSR count). The molecule has 1 aliphatic heterocycles. The zero-order valence-corrected chi connectivity index (χ0v) is 21.7. The van der Waals surface area contributed by atoms with Crippen LogP contribution in [0.2, 0.25) is 0 Å². The Morgan fingerprint density at radius 3 is 2.28 bits per heavy atom. The highest BCUT2D eigenvalue weighted by atomic mass is 16.6. The molecule has 188 valence electrons. The van der Waals surface area contributed by atoms with Gasteiger partial charge in [-0.1, -0.05) is 66.2 Å². The molecule has 0 aliphatic carbocycles. The number of hydrogen-bond donors (Lipinski definition) is 0. The Kier molecular flexibility index (Phi) is 7.78. The second kappa shape index (κ2) is 11.0. The molecule has 3 aromatic carbocycles. The molecule has 5 heteroatoms. The molecule has 0 saturated carbocycles. The van der Waals surface area contributed by atoms with Gasteiger partial charge in [-0.05, 0) is 75.8 Å². The molecule has 2 amide bonds. The molecule has 1 aliphatic rings. The largest absolute Gasteiger partial charge is 0.443 e. The third-order valence-electron chi connectivity index (χ3n) is 6.50. The normalized spacial score (nSPS) is 14.4. The topological polar surface area (TPSA) is 49.9 Å². The minimum Gasteiger partial charge on any atom is -0.443 e. The van der Waals surface area contributed by atoms with Gasteiger partial charge >= 0.3 is 6.09 Å². The van der Waals surface area contributed by atoms with E-state index in [1.54, 1.807) is 4.90 Å². The number of likely N-dealkylation sites (tertiary alicyclic amines) is 1. The molecule has 1 heterocycles. The van der Waals surface area contributed by atoms with Gasteiger partial charge in [0.25, 0.3) is 5.91 Å². The summed E-state index contributed by atoms with van der Waals surface area (Å²) in [6.45, 7) is 9.48. The number of hydrogen-bond acceptors (Lipinski definition) is 3. The highest BCUT2D eigenvalue weighted by molar-refractivity contribution is 5.97. The summed E-state index contributed by atoms with van der Waals surface area (Å²) in [6.07, 6.45) is 1.47. The van der Waals surface area contributed by atoms with E-state index >= 15 is 0 Å². The molecule has 5 nitrogen and oxygen atoms in total. The van der Waals surface area contributed by atoms with Crippen LogP contribution in [0, 0.1) is 6.92 Å². The monoisotopic (exact) mass is 484 g/mol. The van der Waals surface area contributed by atoms with Crippen LogP contribution in [-0.4, -0.2) is 35.6 Å². The Bertz CT molecular complexity index is 1190. The maximum absolute atomic E-state index is 13.4. The fourth-order valence-corrected chi connectivity index (χ4v) is 4.67. The maximum Gasteiger partial charge on any atom is 0.415 e. The zero-order valence-electron chi connectivity index (χ0n) is 21.7. The van der Waals surface area contributed by atoms with Crippen LogP contribution in [0.3, 0.4) is 0 Å². The van der Waals surface area contributed by atoms with Crippen molar-refractivity contribution in [1.82, 2.24) is 4.90 Å². The Balaban J connectivity index is 1.50. The number of anilines is 1. The lowest BCUT2D eigenvalue weighted by Crippen LogP contribution is -2.38. The Labute approximate surface area is 214 Å². The third-order valence-corrected chi connectivity index (χ3v) is 6.50. The van der Waals surface area contributed by atoms with Crippen molar-refractivity contribution in [2.75, 3.05) is 18.0 Å². The first kappa shape index (κ1) is 25.5. The van der Waals surface area contributed by atoms with E-state index in [1.165, 1.54) is 11.1 Å². The van der Waals surface area contributed by atoms with E-state index in [1.807, 2.05) is 80.3 Å². The molecule has 0 aromatic heterocycles. The van der Waals surface area contributed by atoms with Crippen LogP contribution in [0.5, 0.6) is 0 Å². The molecule has 0 spiro atoms. The average molecular weight is 485 g/mol. The molecule has 36 heavy (non-hydrogen) atoms. The first-order chi connectivity index (χ1) is 17.2. The Morgan fingerprint density at radius 1 is 0.917 bits per heavy atom. The summed E-state index contributed by atoms with van der Waals surface area (Å²) in [5, 5.41) is 0. The summed E-state index contributed by atoms with van der Waals surface area (Å²) < 4.78 is 5.70. The fourth-order valence-electron chi connectivity index (χ4n) is 4.67. The number of ether oxygens (including phenoxy) is 1. The number of carbonyl (C=O) groups excluding carboxylic acids is 2. The van der Waals surface area contributed by atoms with Gasteiger partial charge in [-0.2, -0.15) is 0 Å². The highest BCUT2D eigenvalue weighted by Crippen LogP contribution is 2.30. The number of aryl methyl sites for hydroxylation is 1. The molecule has 0 unspecified atom stereocenters. The van der Waals surface area contributed by atoms with Crippen LogP contribution in [0.1, 0.15) is 66.6 Å². The zero-order chi connectivity index (χ0) is 25.7. The molecular formula is C31H36N2O3. The van der Waals surface area contributed by atoms with Crippen molar-refractivity contribution in [2.45, 2.75) is 58.6 Å². The lowest BCUT2D eigenvalue weighted by Gasteiger charge is -2.33. The van der Waals surface area contributed by atoms with Crippen molar-refractivity contribution >= 4 is 17.7 Å². The summed E-state index contributed by atoms with van der Waals surface area (Å²) in [6, 6.07) is 25.8. The first-order valence-electron chi connectivity index (χ1n) is 12.7. The van der Waals surface area contributed by atoms with Crippen LogP contribution >= 0.6 is 0 Å². The van der Waals surface area contributed by atoms with Crippen LogP contribution in [0.15, 0.2) is 78.9 Å². The quantitative estimate of drug-likeness (QED) is 0.393. The Morgan fingerprint density at radius 2 is 1.61 bits per heavy atom. The third kappa shape index (κ3) is 6.54. The van der Waals surface area contributed by atoms with Gasteiger partial charge in [0.2, 0.25) is 0 Å². The van der Waals surface area contributed by atoms with Crippen molar-refractivity contribution in [3.05, 3.63) is 101 Å². The van der Waals surface area contributed by atoms with E-state index in [4.69, 9.17) is 4.74 Å². The van der Waals surface area contributed by atoms with E-state index in [0.717, 1.165) is 31.5 Å². The van der Waals surface area contributed by atoms with Crippen molar-refractivity contribution < 1.29 is 14.3 Å². The molecule has 0 N–H and O–H groups in total. The Hall–Kier alpha value is -3.60. The van der Waals surface area contributed by atoms with E-state index in [0.29, 0.717) is 23.7 Å². The molecule has 1 fully saturated rings. The van der Waals surface area contributed by atoms with Crippen LogP contribution < -0.4 is 4.90 Å². The van der Waals surface area contributed by atoms with E-state index < -0.39 is 11.7 Å². The van der Waals surface area contributed by atoms with Gasteiger partial charge in [0.1, 0.15) is 5.60 Å². The van der Waals surface area contributed by atoms with Crippen LogP contribution in [0.25, 0.3) is 0 Å². The molecular weight excluding hydrogens is 448 g/mol. The van der Waals surface area contributed by atoms with Crippen molar-refractivity contribution in [2.24, 2.45) is 0 Å².